The summed E-state index contributed by atoms with van der Waals surface area (Å²) in [7, 11) is 0. The van der Waals surface area contributed by atoms with Crippen molar-refractivity contribution >= 4 is 15.9 Å². The van der Waals surface area contributed by atoms with Crippen molar-refractivity contribution in [3.8, 4) is 5.75 Å². The molecule has 0 radical (unpaired) electrons. The van der Waals surface area contributed by atoms with Crippen molar-refractivity contribution in [1.29, 1.82) is 0 Å². The number of para-hydroxylation sites is 1. The number of halogens is 1. The van der Waals surface area contributed by atoms with Gasteiger partial charge in [-0.15, -0.1) is 0 Å². The Kier molecular flexibility index (Phi) is 3.82. The number of alkyl halides is 1. The topological polar surface area (TPSA) is 9.23 Å². The molecule has 1 heterocycles. The van der Waals surface area contributed by atoms with Gasteiger partial charge in [-0.05, 0) is 23.8 Å². The Balaban J connectivity index is 2.16. The molecule has 0 aromatic heterocycles. The van der Waals surface area contributed by atoms with Crippen molar-refractivity contribution in [1.82, 2.24) is 0 Å². The lowest BCUT2D eigenvalue weighted by molar-refractivity contribution is 0.202. The average molecular weight is 297 g/mol. The number of ether oxygens (including phenoxy) is 1. The van der Waals surface area contributed by atoms with Crippen LogP contribution in [0.5, 0.6) is 5.75 Å². The first-order valence-electron chi connectivity index (χ1n) is 6.34. The minimum absolute atomic E-state index is 0.339. The van der Waals surface area contributed by atoms with Crippen LogP contribution in [0.15, 0.2) is 24.3 Å². The lowest BCUT2D eigenvalue weighted by atomic mass is 9.73. The van der Waals surface area contributed by atoms with E-state index < -0.39 is 0 Å². The van der Waals surface area contributed by atoms with E-state index in [9.17, 15) is 0 Å². The van der Waals surface area contributed by atoms with E-state index in [0.29, 0.717) is 17.3 Å². The average Bonchev–Trinajstić information content (AvgIpc) is 2.72. The number of rotatable bonds is 4. The van der Waals surface area contributed by atoms with E-state index >= 15 is 0 Å². The summed E-state index contributed by atoms with van der Waals surface area (Å²) in [6.07, 6.45) is 1.19. The monoisotopic (exact) mass is 296 g/mol. The fourth-order valence-corrected chi connectivity index (χ4v) is 3.28. The summed E-state index contributed by atoms with van der Waals surface area (Å²) in [5, 5.41) is 1.05. The van der Waals surface area contributed by atoms with Gasteiger partial charge in [0.15, 0.2) is 0 Å². The Morgan fingerprint density at radius 1 is 1.41 bits per heavy atom. The summed E-state index contributed by atoms with van der Waals surface area (Å²) >= 11 is 3.68. The van der Waals surface area contributed by atoms with Gasteiger partial charge in [-0.3, -0.25) is 0 Å². The fourth-order valence-electron chi connectivity index (χ4n) is 2.41. The Labute approximate surface area is 113 Å². The molecule has 94 valence electrons. The van der Waals surface area contributed by atoms with Crippen molar-refractivity contribution in [2.24, 2.45) is 11.3 Å². The van der Waals surface area contributed by atoms with Gasteiger partial charge in [0.1, 0.15) is 5.75 Å². The van der Waals surface area contributed by atoms with Crippen LogP contribution >= 0.6 is 15.9 Å². The highest BCUT2D eigenvalue weighted by Gasteiger charge is 2.34. The van der Waals surface area contributed by atoms with Crippen LogP contribution in [0, 0.1) is 11.3 Å². The molecule has 0 N–H and O–H groups in total. The predicted octanol–water partition coefficient (Wildman–Crippen LogP) is 4.61. The van der Waals surface area contributed by atoms with Gasteiger partial charge in [-0.2, -0.15) is 0 Å². The van der Waals surface area contributed by atoms with E-state index in [0.717, 1.165) is 17.7 Å². The molecule has 0 bridgehead atoms. The quantitative estimate of drug-likeness (QED) is 0.737. The molecular weight excluding hydrogens is 276 g/mol. The molecule has 17 heavy (non-hydrogen) atoms. The summed E-state index contributed by atoms with van der Waals surface area (Å²) < 4.78 is 5.77. The highest BCUT2D eigenvalue weighted by Crippen LogP contribution is 2.44. The first-order valence-corrected chi connectivity index (χ1v) is 7.46. The van der Waals surface area contributed by atoms with Crippen LogP contribution in [0.2, 0.25) is 0 Å². The first-order chi connectivity index (χ1) is 8.07. The van der Waals surface area contributed by atoms with E-state index in [2.05, 4.69) is 54.9 Å². The SMILES string of the molecule is CC(C)C(C)(CBr)CC1COc2ccccc21. The van der Waals surface area contributed by atoms with Crippen LogP contribution in [-0.4, -0.2) is 11.9 Å². The van der Waals surface area contributed by atoms with Crippen molar-refractivity contribution in [2.45, 2.75) is 33.1 Å². The van der Waals surface area contributed by atoms with Crippen LogP contribution in [0.4, 0.5) is 0 Å². The Bertz CT molecular complexity index is 388. The standard InChI is InChI=1S/C15H21BrO/c1-11(2)15(3,10-16)8-12-9-17-14-7-5-4-6-13(12)14/h4-7,11-12H,8-10H2,1-3H3. The van der Waals surface area contributed by atoms with Gasteiger partial charge in [0.2, 0.25) is 0 Å². The first kappa shape index (κ1) is 12.9. The maximum atomic E-state index is 5.77. The molecule has 0 spiro atoms. The molecule has 2 rings (SSSR count). The Morgan fingerprint density at radius 2 is 2.12 bits per heavy atom. The normalized spacial score (nSPS) is 22.1. The van der Waals surface area contributed by atoms with E-state index in [4.69, 9.17) is 4.74 Å². The minimum Gasteiger partial charge on any atom is -0.493 e. The predicted molar refractivity (Wildman–Crippen MR) is 76.0 cm³/mol. The molecule has 1 aromatic carbocycles. The zero-order valence-corrected chi connectivity index (χ0v) is 12.5. The molecule has 1 aliphatic rings. The van der Waals surface area contributed by atoms with Gasteiger partial charge in [0.25, 0.3) is 0 Å². The number of benzene rings is 1. The molecule has 1 aliphatic heterocycles. The van der Waals surface area contributed by atoms with Gasteiger partial charge in [-0.25, -0.2) is 0 Å². The number of hydrogen-bond acceptors (Lipinski definition) is 1. The Hall–Kier alpha value is -0.500. The van der Waals surface area contributed by atoms with Crippen LogP contribution < -0.4 is 4.74 Å². The van der Waals surface area contributed by atoms with E-state index in [-0.39, 0.29) is 0 Å². The molecule has 1 aromatic rings. The van der Waals surface area contributed by atoms with Crippen molar-refractivity contribution in [3.05, 3.63) is 29.8 Å². The second-order valence-electron chi connectivity index (χ2n) is 5.69. The molecule has 0 fully saturated rings. The summed E-state index contributed by atoms with van der Waals surface area (Å²) in [6, 6.07) is 8.45. The van der Waals surface area contributed by atoms with E-state index in [1.807, 2.05) is 6.07 Å². The maximum Gasteiger partial charge on any atom is 0.122 e. The molecule has 0 aliphatic carbocycles. The van der Waals surface area contributed by atoms with Crippen LogP contribution in [0.1, 0.15) is 38.7 Å². The molecule has 2 unspecified atom stereocenters. The third-order valence-electron chi connectivity index (χ3n) is 4.21. The lowest BCUT2D eigenvalue weighted by Crippen LogP contribution is -2.28. The van der Waals surface area contributed by atoms with Crippen molar-refractivity contribution in [2.75, 3.05) is 11.9 Å². The van der Waals surface area contributed by atoms with Gasteiger partial charge >= 0.3 is 0 Å². The maximum absolute atomic E-state index is 5.77. The molecule has 0 saturated carbocycles. The number of fused-ring (bicyclic) bond motifs is 1. The molecule has 2 heteroatoms. The second-order valence-corrected chi connectivity index (χ2v) is 6.25. The van der Waals surface area contributed by atoms with Gasteiger partial charge < -0.3 is 4.74 Å². The number of hydrogen-bond donors (Lipinski definition) is 0. The van der Waals surface area contributed by atoms with Gasteiger partial charge in [-0.1, -0.05) is 54.9 Å². The van der Waals surface area contributed by atoms with Crippen LogP contribution in [-0.2, 0) is 0 Å². The largest absolute Gasteiger partial charge is 0.493 e. The molecule has 0 saturated heterocycles. The van der Waals surface area contributed by atoms with E-state index in [1.165, 1.54) is 12.0 Å². The van der Waals surface area contributed by atoms with Crippen molar-refractivity contribution in [3.63, 3.8) is 0 Å². The summed E-state index contributed by atoms with van der Waals surface area (Å²) in [5.41, 5.74) is 1.73. The zero-order chi connectivity index (χ0) is 12.5. The molecule has 0 amide bonds. The van der Waals surface area contributed by atoms with Crippen LogP contribution in [0.25, 0.3) is 0 Å². The van der Waals surface area contributed by atoms with Gasteiger partial charge in [0, 0.05) is 16.8 Å². The second kappa shape index (κ2) is 5.01. The van der Waals surface area contributed by atoms with E-state index in [1.54, 1.807) is 0 Å². The molecule has 1 nitrogen and oxygen atoms in total. The summed E-state index contributed by atoms with van der Waals surface area (Å²) in [5.74, 6) is 2.31. The van der Waals surface area contributed by atoms with Crippen molar-refractivity contribution < 1.29 is 4.74 Å². The van der Waals surface area contributed by atoms with Crippen LogP contribution in [0.3, 0.4) is 0 Å². The molecule has 2 atom stereocenters. The zero-order valence-electron chi connectivity index (χ0n) is 10.9. The highest BCUT2D eigenvalue weighted by molar-refractivity contribution is 9.09. The summed E-state index contributed by atoms with van der Waals surface area (Å²) in [4.78, 5) is 0. The highest BCUT2D eigenvalue weighted by atomic mass is 79.9. The lowest BCUT2D eigenvalue weighted by Gasteiger charge is -2.34. The Morgan fingerprint density at radius 3 is 2.76 bits per heavy atom. The van der Waals surface area contributed by atoms with Gasteiger partial charge in [0.05, 0.1) is 6.61 Å². The molecular formula is C15H21BrO. The smallest absolute Gasteiger partial charge is 0.122 e. The minimum atomic E-state index is 0.339. The summed E-state index contributed by atoms with van der Waals surface area (Å²) in [6.45, 7) is 7.83. The fraction of sp³-hybridized carbons (Fsp3) is 0.600. The third kappa shape index (κ3) is 2.52. The third-order valence-corrected chi connectivity index (χ3v) is 5.49.